The first-order chi connectivity index (χ1) is 11.6. The minimum atomic E-state index is -1.00. The molecule has 3 rings (SSSR count). The molecule has 1 amide bonds. The summed E-state index contributed by atoms with van der Waals surface area (Å²) in [6.45, 7) is 1.59. The first-order valence-corrected chi connectivity index (χ1v) is 8.62. The summed E-state index contributed by atoms with van der Waals surface area (Å²) in [4.78, 5) is 27.5. The molecule has 2 aromatic rings. The number of hydrogen-bond donors (Lipinski definition) is 2. The van der Waals surface area contributed by atoms with E-state index in [4.69, 9.17) is 9.84 Å². The topological polar surface area (TPSA) is 88.5 Å². The summed E-state index contributed by atoms with van der Waals surface area (Å²) >= 11 is 1.40. The lowest BCUT2D eigenvalue weighted by molar-refractivity contribution is -0.115. The number of carbonyl (C=O) groups is 2. The molecule has 1 aromatic carbocycles. The van der Waals surface area contributed by atoms with Crippen molar-refractivity contribution >= 4 is 28.3 Å². The highest BCUT2D eigenvalue weighted by molar-refractivity contribution is 7.13. The maximum absolute atomic E-state index is 12.1. The van der Waals surface area contributed by atoms with Gasteiger partial charge in [-0.05, 0) is 36.5 Å². The van der Waals surface area contributed by atoms with Gasteiger partial charge >= 0.3 is 5.97 Å². The van der Waals surface area contributed by atoms with E-state index in [2.05, 4.69) is 10.3 Å². The summed E-state index contributed by atoms with van der Waals surface area (Å²) in [5.74, 6) is -0.699. The van der Waals surface area contributed by atoms with Crippen molar-refractivity contribution in [1.29, 1.82) is 0 Å². The second kappa shape index (κ2) is 7.55. The Morgan fingerprint density at radius 1 is 1.42 bits per heavy atom. The molecule has 126 valence electrons. The number of thiazole rings is 1. The first-order valence-electron chi connectivity index (χ1n) is 7.74. The number of benzene rings is 1. The summed E-state index contributed by atoms with van der Waals surface area (Å²) in [5, 5.41) is 14.3. The molecular weight excluding hydrogens is 328 g/mol. The summed E-state index contributed by atoms with van der Waals surface area (Å²) in [6, 6.07) is 6.38. The summed E-state index contributed by atoms with van der Waals surface area (Å²) in [5.41, 5.74) is 1.81. The lowest BCUT2D eigenvalue weighted by atomic mass is 10.0. The van der Waals surface area contributed by atoms with Crippen LogP contribution in [0.4, 0.5) is 5.13 Å². The Balaban J connectivity index is 1.56. The van der Waals surface area contributed by atoms with Gasteiger partial charge in [0, 0.05) is 18.6 Å². The minimum absolute atomic E-state index is 0.118. The van der Waals surface area contributed by atoms with Crippen molar-refractivity contribution in [2.24, 2.45) is 5.92 Å². The van der Waals surface area contributed by atoms with E-state index in [-0.39, 0.29) is 17.9 Å². The van der Waals surface area contributed by atoms with Crippen LogP contribution in [-0.2, 0) is 22.4 Å². The minimum Gasteiger partial charge on any atom is -0.478 e. The Hall–Kier alpha value is -2.25. The highest BCUT2D eigenvalue weighted by Gasteiger charge is 2.18. The number of nitrogens with one attached hydrogen (secondary N) is 1. The van der Waals surface area contributed by atoms with Crippen molar-refractivity contribution in [2.45, 2.75) is 19.3 Å². The average molecular weight is 346 g/mol. The third-order valence-electron chi connectivity index (χ3n) is 3.86. The maximum Gasteiger partial charge on any atom is 0.335 e. The smallest absolute Gasteiger partial charge is 0.335 e. The molecule has 0 saturated carbocycles. The molecule has 6 nitrogen and oxygen atoms in total. The van der Waals surface area contributed by atoms with Crippen LogP contribution in [0.1, 0.15) is 28.0 Å². The van der Waals surface area contributed by atoms with Crippen molar-refractivity contribution in [3.63, 3.8) is 0 Å². The van der Waals surface area contributed by atoms with Gasteiger partial charge in [0.1, 0.15) is 0 Å². The largest absolute Gasteiger partial charge is 0.478 e. The Morgan fingerprint density at radius 2 is 2.29 bits per heavy atom. The summed E-state index contributed by atoms with van der Waals surface area (Å²) < 4.78 is 5.36. The quantitative estimate of drug-likeness (QED) is 0.839. The van der Waals surface area contributed by atoms with E-state index in [1.807, 2.05) is 5.38 Å². The molecule has 1 atom stereocenters. The third kappa shape index (κ3) is 4.39. The molecule has 0 radical (unpaired) electrons. The van der Waals surface area contributed by atoms with Gasteiger partial charge < -0.3 is 15.2 Å². The molecule has 2 heterocycles. The van der Waals surface area contributed by atoms with Crippen LogP contribution in [0.2, 0.25) is 0 Å². The predicted octanol–water partition coefficient (Wildman–Crippen LogP) is 2.60. The van der Waals surface area contributed by atoms with E-state index >= 15 is 0 Å². The number of rotatable bonds is 6. The lowest BCUT2D eigenvalue weighted by Gasteiger charge is -2.04. The van der Waals surface area contributed by atoms with Gasteiger partial charge in [-0.1, -0.05) is 12.1 Å². The van der Waals surface area contributed by atoms with E-state index in [1.165, 1.54) is 23.5 Å². The van der Waals surface area contributed by atoms with Crippen LogP contribution >= 0.6 is 11.3 Å². The van der Waals surface area contributed by atoms with Crippen LogP contribution in [0, 0.1) is 5.92 Å². The lowest BCUT2D eigenvalue weighted by Crippen LogP contribution is -2.14. The molecule has 0 bridgehead atoms. The van der Waals surface area contributed by atoms with E-state index in [9.17, 15) is 9.59 Å². The molecular formula is C17H18N2O4S. The third-order valence-corrected chi connectivity index (χ3v) is 4.67. The van der Waals surface area contributed by atoms with Gasteiger partial charge in [0.15, 0.2) is 5.13 Å². The van der Waals surface area contributed by atoms with Crippen LogP contribution in [-0.4, -0.2) is 35.2 Å². The van der Waals surface area contributed by atoms with Gasteiger partial charge in [0.2, 0.25) is 5.91 Å². The van der Waals surface area contributed by atoms with E-state index in [0.717, 1.165) is 31.7 Å². The zero-order chi connectivity index (χ0) is 16.9. The Morgan fingerprint density at radius 3 is 3.04 bits per heavy atom. The van der Waals surface area contributed by atoms with Crippen LogP contribution in [0.15, 0.2) is 29.6 Å². The number of anilines is 1. The van der Waals surface area contributed by atoms with E-state index in [1.54, 1.807) is 12.1 Å². The molecule has 2 N–H and O–H groups in total. The highest BCUT2D eigenvalue weighted by Crippen LogP contribution is 2.22. The Labute approximate surface area is 143 Å². The van der Waals surface area contributed by atoms with Crippen molar-refractivity contribution in [1.82, 2.24) is 4.98 Å². The number of carboxylic acid groups (broad SMARTS) is 1. The van der Waals surface area contributed by atoms with Gasteiger partial charge in [-0.3, -0.25) is 4.79 Å². The number of ether oxygens (including phenoxy) is 1. The number of aromatic carboxylic acids is 1. The van der Waals surface area contributed by atoms with E-state index in [0.29, 0.717) is 16.6 Å². The molecule has 1 fully saturated rings. The van der Waals surface area contributed by atoms with E-state index < -0.39 is 5.97 Å². The molecule has 1 aromatic heterocycles. The second-order valence-electron chi connectivity index (χ2n) is 5.81. The van der Waals surface area contributed by atoms with Gasteiger partial charge in [-0.25, -0.2) is 9.78 Å². The standard InChI is InChI=1S/C17H18N2O4S/c20-15(8-11-2-1-3-13(6-11)16(21)22)19-17-18-14(10-24-17)7-12-4-5-23-9-12/h1-3,6,10,12H,4-5,7-9H2,(H,21,22)(H,18,19,20). The van der Waals surface area contributed by atoms with Crippen molar-refractivity contribution < 1.29 is 19.4 Å². The molecule has 1 aliphatic heterocycles. The predicted molar refractivity (Wildman–Crippen MR) is 90.5 cm³/mol. The number of carboxylic acids is 1. The average Bonchev–Trinajstić information content (AvgIpc) is 3.20. The van der Waals surface area contributed by atoms with Crippen LogP contribution in [0.3, 0.4) is 0 Å². The number of hydrogen-bond acceptors (Lipinski definition) is 5. The monoisotopic (exact) mass is 346 g/mol. The summed E-state index contributed by atoms with van der Waals surface area (Å²) in [7, 11) is 0. The van der Waals surface area contributed by atoms with Gasteiger partial charge in [-0.2, -0.15) is 0 Å². The second-order valence-corrected chi connectivity index (χ2v) is 6.67. The molecule has 24 heavy (non-hydrogen) atoms. The molecule has 1 aliphatic rings. The van der Waals surface area contributed by atoms with Crippen LogP contribution < -0.4 is 5.32 Å². The zero-order valence-corrected chi connectivity index (χ0v) is 13.8. The number of aromatic nitrogens is 1. The first kappa shape index (κ1) is 16.6. The number of carbonyl (C=O) groups excluding carboxylic acids is 1. The summed E-state index contributed by atoms with van der Waals surface area (Å²) in [6.07, 6.45) is 2.04. The van der Waals surface area contributed by atoms with Crippen molar-refractivity contribution in [3.8, 4) is 0 Å². The molecule has 1 unspecified atom stereocenters. The van der Waals surface area contributed by atoms with Gasteiger partial charge in [-0.15, -0.1) is 11.3 Å². The Kier molecular flexibility index (Phi) is 5.22. The highest BCUT2D eigenvalue weighted by atomic mass is 32.1. The molecule has 1 saturated heterocycles. The van der Waals surface area contributed by atoms with Gasteiger partial charge in [0.25, 0.3) is 0 Å². The fourth-order valence-electron chi connectivity index (χ4n) is 2.66. The fraction of sp³-hybridized carbons (Fsp3) is 0.353. The SMILES string of the molecule is O=C(Cc1cccc(C(=O)O)c1)Nc1nc(CC2CCOC2)cs1. The van der Waals surface area contributed by atoms with Crippen molar-refractivity contribution in [3.05, 3.63) is 46.5 Å². The number of amides is 1. The van der Waals surface area contributed by atoms with Gasteiger partial charge in [0.05, 0.1) is 17.7 Å². The van der Waals surface area contributed by atoms with Crippen LogP contribution in [0.5, 0.6) is 0 Å². The molecule has 7 heteroatoms. The Bertz CT molecular complexity index is 738. The maximum atomic E-state index is 12.1. The molecule has 0 aliphatic carbocycles. The molecule has 0 spiro atoms. The number of nitrogens with zero attached hydrogens (tertiary/aromatic N) is 1. The fourth-order valence-corrected chi connectivity index (χ4v) is 3.40. The van der Waals surface area contributed by atoms with Crippen LogP contribution in [0.25, 0.3) is 0 Å². The zero-order valence-electron chi connectivity index (χ0n) is 13.0. The van der Waals surface area contributed by atoms with Crippen molar-refractivity contribution in [2.75, 3.05) is 18.5 Å². The normalized spacial score (nSPS) is 16.9.